The summed E-state index contributed by atoms with van der Waals surface area (Å²) in [6.07, 6.45) is 0.186. The van der Waals surface area contributed by atoms with E-state index in [0.717, 1.165) is 0 Å². The fourth-order valence-electron chi connectivity index (χ4n) is 0.941. The van der Waals surface area contributed by atoms with Crippen LogP contribution in [0, 0.1) is 10.8 Å². The smallest absolute Gasteiger partial charge is 0.307 e. The topological polar surface area (TPSA) is 140 Å². The molecule has 0 atom stereocenters. The molecule has 6 N–H and O–H groups in total. The molecule has 0 aliphatic heterocycles. The molecule has 0 spiro atoms. The van der Waals surface area contributed by atoms with E-state index >= 15 is 0 Å². The van der Waals surface area contributed by atoms with Crippen LogP contribution in [0.3, 0.4) is 0 Å². The summed E-state index contributed by atoms with van der Waals surface area (Å²) in [4.78, 5) is 21.7. The highest BCUT2D eigenvalue weighted by atomic mass is 16.4. The Hall–Kier alpha value is -2.18. The second-order valence-corrected chi connectivity index (χ2v) is 2.61. The molecule has 0 heterocycles. The molecule has 15 heavy (non-hydrogen) atoms. The Morgan fingerprint density at radius 2 is 2.07 bits per heavy atom. The molecule has 0 radical (unpaired) electrons. The number of carbonyl (C=O) groups is 2. The van der Waals surface area contributed by atoms with Gasteiger partial charge in [0.05, 0.1) is 12.0 Å². The van der Waals surface area contributed by atoms with Crippen LogP contribution in [0.25, 0.3) is 0 Å². The molecule has 7 heteroatoms. The van der Waals surface area contributed by atoms with Crippen molar-refractivity contribution in [3.8, 4) is 0 Å². The van der Waals surface area contributed by atoms with E-state index in [4.69, 9.17) is 21.7 Å². The predicted molar refractivity (Wildman–Crippen MR) is 54.0 cm³/mol. The zero-order chi connectivity index (χ0) is 12.0. The van der Waals surface area contributed by atoms with Gasteiger partial charge in [0, 0.05) is 13.3 Å². The summed E-state index contributed by atoms with van der Waals surface area (Å²) in [5.74, 6) is -2.44. The van der Waals surface area contributed by atoms with E-state index in [2.05, 4.69) is 5.32 Å². The number of rotatable bonds is 5. The van der Waals surface area contributed by atoms with Gasteiger partial charge in [-0.25, -0.2) is 0 Å². The maximum atomic E-state index is 11.2. The lowest BCUT2D eigenvalue weighted by atomic mass is 10.0. The van der Waals surface area contributed by atoms with Crippen molar-refractivity contribution >= 4 is 23.9 Å². The largest absolute Gasteiger partial charge is 0.481 e. The van der Waals surface area contributed by atoms with Crippen molar-refractivity contribution < 1.29 is 14.7 Å². The summed E-state index contributed by atoms with van der Waals surface area (Å²) in [6, 6.07) is 0. The van der Waals surface area contributed by atoms with Crippen LogP contribution in [-0.2, 0) is 9.59 Å². The number of carbonyl (C=O) groups excluding carboxylic acids is 1. The number of aliphatic carboxylic acids is 1. The SMILES string of the molecule is CNC(=O)/C(C(=N)N)=C(/C=N)CC(=O)O. The third kappa shape index (κ3) is 3.59. The van der Waals surface area contributed by atoms with Crippen LogP contribution in [0.1, 0.15) is 6.42 Å². The molecule has 0 aliphatic rings. The van der Waals surface area contributed by atoms with Crippen molar-refractivity contribution in [2.45, 2.75) is 6.42 Å². The molecule has 0 rings (SSSR count). The highest BCUT2D eigenvalue weighted by Crippen LogP contribution is 2.07. The van der Waals surface area contributed by atoms with Gasteiger partial charge in [-0.2, -0.15) is 0 Å². The molecule has 1 amide bonds. The molecule has 0 bridgehead atoms. The monoisotopic (exact) mass is 212 g/mol. The molecule has 0 aliphatic carbocycles. The van der Waals surface area contributed by atoms with Crippen molar-refractivity contribution in [1.82, 2.24) is 5.32 Å². The lowest BCUT2D eigenvalue weighted by molar-refractivity contribution is -0.136. The van der Waals surface area contributed by atoms with Crippen molar-refractivity contribution in [3.63, 3.8) is 0 Å². The number of carboxylic acids is 1. The maximum absolute atomic E-state index is 11.2. The molecular formula is C8H12N4O3. The lowest BCUT2D eigenvalue weighted by Gasteiger charge is -2.07. The number of nitrogens with one attached hydrogen (secondary N) is 3. The number of amides is 1. The number of likely N-dealkylation sites (N-methyl/N-ethyl adjacent to an activating group) is 1. The van der Waals surface area contributed by atoms with Gasteiger partial charge in [0.25, 0.3) is 5.91 Å². The Morgan fingerprint density at radius 3 is 2.33 bits per heavy atom. The maximum Gasteiger partial charge on any atom is 0.307 e. The number of amidine groups is 1. The summed E-state index contributed by atoms with van der Waals surface area (Å²) in [5, 5.41) is 24.8. The van der Waals surface area contributed by atoms with E-state index < -0.39 is 24.1 Å². The molecule has 0 unspecified atom stereocenters. The Morgan fingerprint density at radius 1 is 1.53 bits per heavy atom. The molecule has 0 fully saturated rings. The van der Waals surface area contributed by atoms with E-state index in [0.29, 0.717) is 6.21 Å². The minimum absolute atomic E-state index is 0.102. The van der Waals surface area contributed by atoms with Crippen LogP contribution in [-0.4, -0.2) is 36.1 Å². The quantitative estimate of drug-likeness (QED) is 0.228. The zero-order valence-corrected chi connectivity index (χ0v) is 8.13. The second kappa shape index (κ2) is 5.53. The first-order valence-electron chi connectivity index (χ1n) is 3.95. The first-order valence-corrected chi connectivity index (χ1v) is 3.95. The van der Waals surface area contributed by atoms with E-state index in [9.17, 15) is 9.59 Å². The van der Waals surface area contributed by atoms with Crippen LogP contribution in [0.5, 0.6) is 0 Å². The molecule has 7 nitrogen and oxygen atoms in total. The van der Waals surface area contributed by atoms with Gasteiger partial charge in [-0.3, -0.25) is 15.0 Å². The van der Waals surface area contributed by atoms with Gasteiger partial charge in [0.1, 0.15) is 5.84 Å². The lowest BCUT2D eigenvalue weighted by Crippen LogP contribution is -2.30. The van der Waals surface area contributed by atoms with Crippen molar-refractivity contribution in [1.29, 1.82) is 10.8 Å². The molecule has 0 aromatic rings. The van der Waals surface area contributed by atoms with Crippen molar-refractivity contribution in [3.05, 3.63) is 11.1 Å². The normalized spacial score (nSPS) is 11.3. The third-order valence-electron chi connectivity index (χ3n) is 1.56. The Bertz CT molecular complexity index is 346. The van der Waals surface area contributed by atoms with E-state index in [1.54, 1.807) is 0 Å². The highest BCUT2D eigenvalue weighted by molar-refractivity contribution is 6.22. The first kappa shape index (κ1) is 12.8. The van der Waals surface area contributed by atoms with Crippen LogP contribution in [0.15, 0.2) is 11.1 Å². The van der Waals surface area contributed by atoms with E-state index in [-0.39, 0.29) is 11.1 Å². The zero-order valence-electron chi connectivity index (χ0n) is 8.13. The van der Waals surface area contributed by atoms with Crippen LogP contribution in [0.4, 0.5) is 0 Å². The Kier molecular flexibility index (Phi) is 4.73. The Labute approximate surface area is 86.0 Å². The van der Waals surface area contributed by atoms with Gasteiger partial charge in [0.2, 0.25) is 0 Å². The molecular weight excluding hydrogens is 200 g/mol. The first-order chi connectivity index (χ1) is 6.93. The number of nitrogens with two attached hydrogens (primary N) is 1. The number of hydrogen-bond acceptors (Lipinski definition) is 4. The second-order valence-electron chi connectivity index (χ2n) is 2.61. The molecule has 0 aromatic heterocycles. The molecule has 0 aromatic carbocycles. The van der Waals surface area contributed by atoms with Gasteiger partial charge in [-0.1, -0.05) is 0 Å². The highest BCUT2D eigenvalue weighted by Gasteiger charge is 2.17. The average Bonchev–Trinajstić information content (AvgIpc) is 2.15. The van der Waals surface area contributed by atoms with Gasteiger partial charge in [-0.05, 0) is 5.57 Å². The summed E-state index contributed by atoms with van der Waals surface area (Å²) < 4.78 is 0. The third-order valence-corrected chi connectivity index (χ3v) is 1.56. The summed E-state index contributed by atoms with van der Waals surface area (Å²) in [7, 11) is 1.33. The van der Waals surface area contributed by atoms with E-state index in [1.165, 1.54) is 7.05 Å². The summed E-state index contributed by atoms with van der Waals surface area (Å²) in [5.41, 5.74) is 4.75. The molecule has 0 saturated heterocycles. The standard InChI is InChI=1S/C8H12N4O3/c1-12-8(15)6(7(10)11)4(3-9)2-5(13)14/h3,9H,2H2,1H3,(H3,10,11)(H,12,15)(H,13,14)/b6-4+,9-3?. The van der Waals surface area contributed by atoms with E-state index in [1.807, 2.05) is 0 Å². The fraction of sp³-hybridized carbons (Fsp3) is 0.250. The van der Waals surface area contributed by atoms with Crippen LogP contribution >= 0.6 is 0 Å². The fourth-order valence-corrected chi connectivity index (χ4v) is 0.941. The van der Waals surface area contributed by atoms with Crippen molar-refractivity contribution in [2.24, 2.45) is 5.73 Å². The minimum atomic E-state index is -1.20. The van der Waals surface area contributed by atoms with Gasteiger partial charge < -0.3 is 21.6 Å². The van der Waals surface area contributed by atoms with Gasteiger partial charge in [-0.15, -0.1) is 0 Å². The van der Waals surface area contributed by atoms with Gasteiger partial charge in [0.15, 0.2) is 0 Å². The summed E-state index contributed by atoms with van der Waals surface area (Å²) >= 11 is 0. The minimum Gasteiger partial charge on any atom is -0.481 e. The number of hydrogen-bond donors (Lipinski definition) is 5. The van der Waals surface area contributed by atoms with Gasteiger partial charge >= 0.3 is 5.97 Å². The number of carboxylic acid groups (broad SMARTS) is 1. The predicted octanol–water partition coefficient (Wildman–Crippen LogP) is -0.911. The molecule has 0 saturated carbocycles. The Balaban J connectivity index is 5.37. The molecule has 82 valence electrons. The summed E-state index contributed by atoms with van der Waals surface area (Å²) in [6.45, 7) is 0. The van der Waals surface area contributed by atoms with Crippen molar-refractivity contribution in [2.75, 3.05) is 7.05 Å². The van der Waals surface area contributed by atoms with Crippen LogP contribution in [0.2, 0.25) is 0 Å². The average molecular weight is 212 g/mol. The van der Waals surface area contributed by atoms with Crippen LogP contribution < -0.4 is 11.1 Å².